The summed E-state index contributed by atoms with van der Waals surface area (Å²) in [6, 6.07) is 12.7. The summed E-state index contributed by atoms with van der Waals surface area (Å²) in [6.07, 6.45) is 2.05. The maximum Gasteiger partial charge on any atom is 0.337 e. The summed E-state index contributed by atoms with van der Waals surface area (Å²) in [5.41, 5.74) is 6.03. The van der Waals surface area contributed by atoms with Crippen molar-refractivity contribution >= 4 is 17.6 Å². The van der Waals surface area contributed by atoms with Crippen molar-refractivity contribution in [3.63, 3.8) is 0 Å². The van der Waals surface area contributed by atoms with Crippen molar-refractivity contribution in [2.45, 2.75) is 18.9 Å². The van der Waals surface area contributed by atoms with Crippen LogP contribution in [0.5, 0.6) is 0 Å². The number of carbonyl (C=O) groups excluding carboxylic acids is 1. The van der Waals surface area contributed by atoms with E-state index in [-0.39, 0.29) is 11.5 Å². The molecule has 0 aliphatic heterocycles. The smallest absolute Gasteiger partial charge is 0.337 e. The van der Waals surface area contributed by atoms with E-state index in [4.69, 9.17) is 10.8 Å². The third kappa shape index (κ3) is 5.10. The molecule has 23 heavy (non-hydrogen) atoms. The summed E-state index contributed by atoms with van der Waals surface area (Å²) in [4.78, 5) is 21.2. The molecule has 1 aliphatic rings. The molecule has 0 spiro atoms. The third-order valence-electron chi connectivity index (χ3n) is 3.21. The molecule has 1 fully saturated rings. The molecule has 6 heteroatoms. The van der Waals surface area contributed by atoms with Crippen LogP contribution in [-0.2, 0) is 0 Å². The third-order valence-corrected chi connectivity index (χ3v) is 3.21. The minimum absolute atomic E-state index is 0.123. The molecule has 5 nitrogen and oxygen atoms in total. The van der Waals surface area contributed by atoms with Crippen LogP contribution in [0.2, 0.25) is 0 Å². The lowest BCUT2D eigenvalue weighted by Gasteiger charge is -2.07. The Labute approximate surface area is 132 Å². The van der Waals surface area contributed by atoms with E-state index < -0.39 is 11.8 Å². The van der Waals surface area contributed by atoms with E-state index in [0.29, 0.717) is 17.3 Å². The Morgan fingerprint density at radius 2 is 1.78 bits per heavy atom. The first kappa shape index (κ1) is 16.5. The Hall–Kier alpha value is -2.89. The van der Waals surface area contributed by atoms with Crippen LogP contribution in [0.25, 0.3) is 0 Å². The number of primary amides is 1. The molecule has 0 bridgehead atoms. The highest BCUT2D eigenvalue weighted by atomic mass is 19.1. The fourth-order valence-electron chi connectivity index (χ4n) is 1.87. The molecular formula is C17H17FN2O3. The van der Waals surface area contributed by atoms with Gasteiger partial charge < -0.3 is 16.2 Å². The maximum atomic E-state index is 12.8. The van der Waals surface area contributed by atoms with E-state index in [1.807, 2.05) is 6.07 Å². The number of carbonyl (C=O) groups is 2. The molecule has 0 heterocycles. The minimum Gasteiger partial charge on any atom is -0.478 e. The maximum absolute atomic E-state index is 12.8. The van der Waals surface area contributed by atoms with Gasteiger partial charge in [-0.15, -0.1) is 0 Å². The van der Waals surface area contributed by atoms with Crippen molar-refractivity contribution in [1.29, 1.82) is 0 Å². The number of halogens is 1. The normalized spacial score (nSPS) is 12.7. The minimum atomic E-state index is -1.03. The zero-order valence-corrected chi connectivity index (χ0v) is 12.3. The Morgan fingerprint density at radius 3 is 2.26 bits per heavy atom. The van der Waals surface area contributed by atoms with Crippen molar-refractivity contribution in [2.24, 2.45) is 5.73 Å². The Bertz CT molecular complexity index is 700. The average Bonchev–Trinajstić information content (AvgIpc) is 3.32. The first-order valence-corrected chi connectivity index (χ1v) is 7.11. The number of nitrogens with two attached hydrogens (primary N) is 1. The van der Waals surface area contributed by atoms with Gasteiger partial charge in [-0.3, -0.25) is 4.79 Å². The highest BCUT2D eigenvalue weighted by Gasteiger charge is 2.23. The van der Waals surface area contributed by atoms with Gasteiger partial charge >= 0.3 is 5.97 Å². The first-order valence-electron chi connectivity index (χ1n) is 7.11. The molecule has 3 rings (SSSR count). The number of hydrogen-bond acceptors (Lipinski definition) is 3. The molecule has 0 aromatic heterocycles. The lowest BCUT2D eigenvalue weighted by molar-refractivity contribution is 0.0697. The van der Waals surface area contributed by atoms with Gasteiger partial charge in [0.05, 0.1) is 11.3 Å². The zero-order valence-electron chi connectivity index (χ0n) is 12.3. The fourth-order valence-corrected chi connectivity index (χ4v) is 1.87. The number of benzene rings is 2. The molecule has 1 saturated carbocycles. The van der Waals surface area contributed by atoms with Gasteiger partial charge in [0.2, 0.25) is 5.91 Å². The average molecular weight is 316 g/mol. The predicted octanol–water partition coefficient (Wildman–Crippen LogP) is 2.88. The molecule has 2 aromatic carbocycles. The van der Waals surface area contributed by atoms with Gasteiger partial charge in [-0.1, -0.05) is 18.2 Å². The Morgan fingerprint density at radius 1 is 1.13 bits per heavy atom. The van der Waals surface area contributed by atoms with E-state index in [9.17, 15) is 14.0 Å². The van der Waals surface area contributed by atoms with Gasteiger partial charge in [0.15, 0.2) is 0 Å². The quantitative estimate of drug-likeness (QED) is 0.808. The lowest BCUT2D eigenvalue weighted by Crippen LogP contribution is -2.09. The van der Waals surface area contributed by atoms with Crippen molar-refractivity contribution < 1.29 is 19.1 Å². The number of anilines is 1. The number of aromatic carboxylic acids is 1. The number of carboxylic acid groups (broad SMARTS) is 1. The van der Waals surface area contributed by atoms with Crippen LogP contribution in [0.15, 0.2) is 48.5 Å². The van der Waals surface area contributed by atoms with E-state index in [1.54, 1.807) is 24.3 Å². The van der Waals surface area contributed by atoms with Gasteiger partial charge in [0.1, 0.15) is 5.82 Å². The number of hydrogen-bond donors (Lipinski definition) is 3. The highest BCUT2D eigenvalue weighted by molar-refractivity contribution is 5.94. The largest absolute Gasteiger partial charge is 0.478 e. The Kier molecular flexibility index (Phi) is 5.30. The van der Waals surface area contributed by atoms with Gasteiger partial charge in [0, 0.05) is 11.6 Å². The summed E-state index contributed by atoms with van der Waals surface area (Å²) in [7, 11) is 0. The van der Waals surface area contributed by atoms with Gasteiger partial charge in [-0.2, -0.15) is 0 Å². The second-order valence-corrected chi connectivity index (χ2v) is 5.14. The zero-order chi connectivity index (χ0) is 16.8. The van der Waals surface area contributed by atoms with Crippen molar-refractivity contribution in [3.05, 3.63) is 65.5 Å². The standard InChI is InChI=1S/C10H10FNO2.C7H7NO/c11-6-1-4-8(10(13)14)9(5-6)12-7-2-3-7;8-7(9)6-4-2-1-3-5-6/h1,4-5,7,12H,2-3H2,(H,13,14);1-5H,(H2,8,9). The predicted molar refractivity (Wildman–Crippen MR) is 85.0 cm³/mol. The van der Waals surface area contributed by atoms with Crippen LogP contribution >= 0.6 is 0 Å². The number of nitrogens with one attached hydrogen (secondary N) is 1. The molecule has 0 atom stereocenters. The molecule has 2 aromatic rings. The van der Waals surface area contributed by atoms with Crippen molar-refractivity contribution in [2.75, 3.05) is 5.32 Å². The molecule has 120 valence electrons. The van der Waals surface area contributed by atoms with Crippen LogP contribution in [0.3, 0.4) is 0 Å². The van der Waals surface area contributed by atoms with Crippen LogP contribution in [0, 0.1) is 5.82 Å². The van der Waals surface area contributed by atoms with E-state index in [1.165, 1.54) is 12.1 Å². The summed E-state index contributed by atoms with van der Waals surface area (Å²) < 4.78 is 12.8. The van der Waals surface area contributed by atoms with Gasteiger partial charge in [-0.25, -0.2) is 9.18 Å². The lowest BCUT2D eigenvalue weighted by atomic mass is 10.1. The molecule has 0 radical (unpaired) electrons. The van der Waals surface area contributed by atoms with Crippen LogP contribution in [0.1, 0.15) is 33.6 Å². The summed E-state index contributed by atoms with van der Waals surface area (Å²) in [5, 5.41) is 11.8. The second kappa shape index (κ2) is 7.40. The van der Waals surface area contributed by atoms with E-state index in [0.717, 1.165) is 18.9 Å². The first-order chi connectivity index (χ1) is 11.0. The van der Waals surface area contributed by atoms with Crippen LogP contribution < -0.4 is 11.1 Å². The second-order valence-electron chi connectivity index (χ2n) is 5.14. The molecule has 4 N–H and O–H groups in total. The monoisotopic (exact) mass is 316 g/mol. The highest BCUT2D eigenvalue weighted by Crippen LogP contribution is 2.27. The SMILES string of the molecule is NC(=O)c1ccccc1.O=C(O)c1ccc(F)cc1NC1CC1. The molecule has 0 saturated heterocycles. The number of amides is 1. The summed E-state index contributed by atoms with van der Waals surface area (Å²) >= 11 is 0. The van der Waals surface area contributed by atoms with Gasteiger partial charge in [0.25, 0.3) is 0 Å². The molecule has 0 unspecified atom stereocenters. The molecule has 1 amide bonds. The summed E-state index contributed by atoms with van der Waals surface area (Å²) in [5.74, 6) is -1.83. The van der Waals surface area contributed by atoms with Gasteiger partial charge in [-0.05, 0) is 43.2 Å². The van der Waals surface area contributed by atoms with Crippen LogP contribution in [0.4, 0.5) is 10.1 Å². The Balaban J connectivity index is 0.000000185. The number of carboxylic acids is 1. The molecular weight excluding hydrogens is 299 g/mol. The van der Waals surface area contributed by atoms with E-state index >= 15 is 0 Å². The molecule has 1 aliphatic carbocycles. The van der Waals surface area contributed by atoms with E-state index in [2.05, 4.69) is 5.32 Å². The topological polar surface area (TPSA) is 92.4 Å². The van der Waals surface area contributed by atoms with Crippen molar-refractivity contribution in [3.8, 4) is 0 Å². The summed E-state index contributed by atoms with van der Waals surface area (Å²) in [6.45, 7) is 0. The van der Waals surface area contributed by atoms with Crippen molar-refractivity contribution in [1.82, 2.24) is 0 Å². The number of rotatable bonds is 4. The van der Waals surface area contributed by atoms with Crippen LogP contribution in [-0.4, -0.2) is 23.0 Å². The fraction of sp³-hybridized carbons (Fsp3) is 0.176.